The van der Waals surface area contributed by atoms with Crippen molar-refractivity contribution in [1.29, 1.82) is 0 Å². The summed E-state index contributed by atoms with van der Waals surface area (Å²) in [7, 11) is 0. The summed E-state index contributed by atoms with van der Waals surface area (Å²) >= 11 is 0. The molecule has 0 unspecified atom stereocenters. The van der Waals surface area contributed by atoms with E-state index in [1.165, 1.54) is 6.33 Å². The van der Waals surface area contributed by atoms with E-state index in [0.29, 0.717) is 30.2 Å². The van der Waals surface area contributed by atoms with Crippen LogP contribution in [0.2, 0.25) is 0 Å². The number of piperidine rings is 1. The third kappa shape index (κ3) is 3.75. The molecule has 1 amide bonds. The number of aryl methyl sites for hydroxylation is 2. The smallest absolute Gasteiger partial charge is 0.272 e. The minimum Gasteiger partial charge on any atom is -0.392 e. The van der Waals surface area contributed by atoms with Gasteiger partial charge in [-0.05, 0) is 38.8 Å². The monoisotopic (exact) mass is 393 g/mol. The van der Waals surface area contributed by atoms with E-state index in [0.717, 1.165) is 35.4 Å². The van der Waals surface area contributed by atoms with Gasteiger partial charge in [0, 0.05) is 36.5 Å². The molecular weight excluding hydrogens is 370 g/mol. The van der Waals surface area contributed by atoms with Gasteiger partial charge in [-0.2, -0.15) is 0 Å². The molecule has 3 aromatic heterocycles. The number of nitrogens with zero attached hydrogens (tertiary/aromatic N) is 5. The van der Waals surface area contributed by atoms with Crippen molar-refractivity contribution in [2.45, 2.75) is 39.2 Å². The second-order valence-corrected chi connectivity index (χ2v) is 7.29. The molecule has 1 saturated heterocycles. The largest absolute Gasteiger partial charge is 0.392 e. The molecule has 4 rings (SSSR count). The summed E-state index contributed by atoms with van der Waals surface area (Å²) in [6.07, 6.45) is 4.80. The lowest BCUT2D eigenvalue weighted by Crippen LogP contribution is -2.39. The van der Waals surface area contributed by atoms with Crippen LogP contribution in [0.5, 0.6) is 0 Å². The molecule has 29 heavy (non-hydrogen) atoms. The highest BCUT2D eigenvalue weighted by Crippen LogP contribution is 2.32. The third-order valence-electron chi connectivity index (χ3n) is 5.37. The molecule has 1 atom stereocenters. The summed E-state index contributed by atoms with van der Waals surface area (Å²) in [6, 6.07) is 5.47. The Labute approximate surface area is 168 Å². The first-order valence-electron chi connectivity index (χ1n) is 9.67. The van der Waals surface area contributed by atoms with Crippen molar-refractivity contribution >= 4 is 5.91 Å². The first-order valence-corrected chi connectivity index (χ1v) is 9.67. The molecule has 8 nitrogen and oxygen atoms in total. The second kappa shape index (κ2) is 8.08. The number of carbonyl (C=O) groups is 1. The lowest BCUT2D eigenvalue weighted by Gasteiger charge is -2.32. The van der Waals surface area contributed by atoms with Gasteiger partial charge in [-0.15, -0.1) is 0 Å². The summed E-state index contributed by atoms with van der Waals surface area (Å²) in [4.78, 5) is 27.4. The van der Waals surface area contributed by atoms with Gasteiger partial charge >= 0.3 is 0 Å². The second-order valence-electron chi connectivity index (χ2n) is 7.29. The maximum atomic E-state index is 12.8. The third-order valence-corrected chi connectivity index (χ3v) is 5.37. The van der Waals surface area contributed by atoms with Crippen molar-refractivity contribution in [2.75, 3.05) is 13.1 Å². The number of pyridine rings is 1. The molecule has 0 aromatic carbocycles. The molecule has 8 heteroatoms. The van der Waals surface area contributed by atoms with Gasteiger partial charge in [-0.3, -0.25) is 9.78 Å². The van der Waals surface area contributed by atoms with Gasteiger partial charge in [0.15, 0.2) is 0 Å². The number of carbonyl (C=O) groups excluding carboxylic acids is 1. The predicted octanol–water partition coefficient (Wildman–Crippen LogP) is 2.66. The zero-order valence-electron chi connectivity index (χ0n) is 16.5. The zero-order valence-corrected chi connectivity index (χ0v) is 16.5. The van der Waals surface area contributed by atoms with Crippen molar-refractivity contribution in [2.24, 2.45) is 0 Å². The van der Waals surface area contributed by atoms with Gasteiger partial charge in [0.1, 0.15) is 17.8 Å². The van der Waals surface area contributed by atoms with E-state index in [-0.39, 0.29) is 18.4 Å². The van der Waals surface area contributed by atoms with Crippen molar-refractivity contribution in [1.82, 2.24) is 25.0 Å². The first kappa shape index (κ1) is 19.2. The highest BCUT2D eigenvalue weighted by atomic mass is 16.5. The molecule has 1 fully saturated rings. The number of hydrogen-bond donors (Lipinski definition) is 1. The van der Waals surface area contributed by atoms with Crippen LogP contribution in [-0.2, 0) is 6.61 Å². The average Bonchev–Trinajstić information content (AvgIpc) is 3.11. The minimum absolute atomic E-state index is 0.0879. The lowest BCUT2D eigenvalue weighted by atomic mass is 9.92. The van der Waals surface area contributed by atoms with Crippen LogP contribution in [0, 0.1) is 13.8 Å². The molecule has 1 aliphatic heterocycles. The van der Waals surface area contributed by atoms with E-state index in [4.69, 9.17) is 9.51 Å². The van der Waals surface area contributed by atoms with Crippen molar-refractivity contribution in [3.8, 4) is 11.3 Å². The summed E-state index contributed by atoms with van der Waals surface area (Å²) < 4.78 is 5.30. The Hall–Kier alpha value is -3.13. The molecule has 1 N–H and O–H groups in total. The van der Waals surface area contributed by atoms with E-state index in [2.05, 4.69) is 15.1 Å². The molecule has 0 aliphatic carbocycles. The fourth-order valence-corrected chi connectivity index (χ4v) is 3.88. The number of aliphatic hydroxyl groups is 1. The molecule has 4 heterocycles. The fraction of sp³-hybridized carbons (Fsp3) is 0.381. The standard InChI is InChI=1S/C21H23N5O3/c1-13-19(14(2)29-25-13)20-16(11-27)5-6-17(24-20)15-4-3-9-26(10-15)21(28)18-7-8-22-12-23-18/h5-8,12,15,27H,3-4,9-11H2,1-2H3/t15-/m0/s1. The van der Waals surface area contributed by atoms with Crippen LogP contribution in [0.1, 0.15) is 52.0 Å². The molecule has 0 bridgehead atoms. The van der Waals surface area contributed by atoms with E-state index in [9.17, 15) is 9.90 Å². The summed E-state index contributed by atoms with van der Waals surface area (Å²) in [6.45, 7) is 4.87. The SMILES string of the molecule is Cc1noc(C)c1-c1nc([C@H]2CCCN(C(=O)c3ccncn3)C2)ccc1CO. The number of aromatic nitrogens is 4. The van der Waals surface area contributed by atoms with Crippen LogP contribution in [0.15, 0.2) is 35.2 Å². The number of hydrogen-bond acceptors (Lipinski definition) is 7. The lowest BCUT2D eigenvalue weighted by molar-refractivity contribution is 0.0699. The van der Waals surface area contributed by atoms with Crippen LogP contribution < -0.4 is 0 Å². The predicted molar refractivity (Wildman–Crippen MR) is 105 cm³/mol. The topological polar surface area (TPSA) is 105 Å². The van der Waals surface area contributed by atoms with Gasteiger partial charge in [-0.25, -0.2) is 9.97 Å². The Morgan fingerprint density at radius 1 is 1.31 bits per heavy atom. The van der Waals surface area contributed by atoms with Gasteiger partial charge in [0.25, 0.3) is 5.91 Å². The molecule has 150 valence electrons. The maximum Gasteiger partial charge on any atom is 0.272 e. The minimum atomic E-state index is -0.115. The molecular formula is C21H23N5O3. The summed E-state index contributed by atoms with van der Waals surface area (Å²) in [5.41, 5.74) is 4.29. The zero-order chi connectivity index (χ0) is 20.4. The van der Waals surface area contributed by atoms with Gasteiger partial charge in [-0.1, -0.05) is 11.2 Å². The number of rotatable bonds is 4. The van der Waals surface area contributed by atoms with Gasteiger partial charge in [0.2, 0.25) is 0 Å². The fourth-order valence-electron chi connectivity index (χ4n) is 3.88. The van der Waals surface area contributed by atoms with Crippen LogP contribution in [-0.4, -0.2) is 49.1 Å². The summed E-state index contributed by atoms with van der Waals surface area (Å²) in [5.74, 6) is 0.697. The van der Waals surface area contributed by atoms with E-state index < -0.39 is 0 Å². The summed E-state index contributed by atoms with van der Waals surface area (Å²) in [5, 5.41) is 13.8. The molecule has 3 aromatic rings. The van der Waals surface area contributed by atoms with Crippen molar-refractivity contribution in [3.05, 3.63) is 59.1 Å². The Bertz CT molecular complexity index is 999. The van der Waals surface area contributed by atoms with Gasteiger partial charge in [0.05, 0.1) is 23.6 Å². The van der Waals surface area contributed by atoms with E-state index in [1.54, 1.807) is 12.3 Å². The molecule has 0 spiro atoms. The Balaban J connectivity index is 1.63. The van der Waals surface area contributed by atoms with Gasteiger partial charge < -0.3 is 14.5 Å². The molecule has 0 saturated carbocycles. The van der Waals surface area contributed by atoms with Crippen molar-refractivity contribution in [3.63, 3.8) is 0 Å². The number of amides is 1. The van der Waals surface area contributed by atoms with E-state index >= 15 is 0 Å². The number of likely N-dealkylation sites (tertiary alicyclic amines) is 1. The van der Waals surface area contributed by atoms with Crippen molar-refractivity contribution < 1.29 is 14.4 Å². The van der Waals surface area contributed by atoms with Crippen LogP contribution in [0.25, 0.3) is 11.3 Å². The first-order chi connectivity index (χ1) is 14.1. The average molecular weight is 393 g/mol. The Morgan fingerprint density at radius 3 is 2.86 bits per heavy atom. The highest BCUT2D eigenvalue weighted by molar-refractivity contribution is 5.92. The number of aliphatic hydroxyl groups excluding tert-OH is 1. The maximum absolute atomic E-state index is 12.8. The molecule has 1 aliphatic rings. The van der Waals surface area contributed by atoms with E-state index in [1.807, 2.05) is 30.9 Å². The quantitative estimate of drug-likeness (QED) is 0.726. The van der Waals surface area contributed by atoms with Crippen LogP contribution in [0.3, 0.4) is 0 Å². The normalized spacial score (nSPS) is 16.8. The van der Waals surface area contributed by atoms with Crippen LogP contribution in [0.4, 0.5) is 0 Å². The Kier molecular flexibility index (Phi) is 5.35. The Morgan fingerprint density at radius 2 is 2.17 bits per heavy atom. The highest BCUT2D eigenvalue weighted by Gasteiger charge is 2.28. The van der Waals surface area contributed by atoms with Crippen LogP contribution >= 0.6 is 0 Å². The molecule has 0 radical (unpaired) electrons.